The lowest BCUT2D eigenvalue weighted by atomic mass is 10.1. The third-order valence-corrected chi connectivity index (χ3v) is 3.47. The van der Waals surface area contributed by atoms with E-state index in [0.29, 0.717) is 18.2 Å². The highest BCUT2D eigenvalue weighted by Gasteiger charge is 2.26. The lowest BCUT2D eigenvalue weighted by molar-refractivity contribution is -0.385. The Morgan fingerprint density at radius 3 is 2.95 bits per heavy atom. The van der Waals surface area contributed by atoms with Crippen LogP contribution in [0, 0.1) is 10.1 Å². The maximum absolute atomic E-state index is 12.3. The summed E-state index contributed by atoms with van der Waals surface area (Å²) < 4.78 is 5.46. The Hall–Kier alpha value is -1.66. The number of nitrogens with zero attached hydrogens (tertiary/aromatic N) is 2. The zero-order chi connectivity index (χ0) is 14.7. The van der Waals surface area contributed by atoms with Gasteiger partial charge in [-0.25, -0.2) is 0 Å². The van der Waals surface area contributed by atoms with Gasteiger partial charge in [0.1, 0.15) is 5.56 Å². The predicted molar refractivity (Wildman–Crippen MR) is 74.0 cm³/mol. The minimum Gasteiger partial charge on any atom is -0.376 e. The summed E-state index contributed by atoms with van der Waals surface area (Å²) in [6.45, 7) is 1.12. The molecule has 1 amide bonds. The van der Waals surface area contributed by atoms with Gasteiger partial charge < -0.3 is 9.64 Å². The Labute approximate surface area is 121 Å². The maximum atomic E-state index is 12.3. The number of likely N-dealkylation sites (N-methyl/N-ethyl adjacent to an activating group) is 1. The van der Waals surface area contributed by atoms with Crippen LogP contribution in [0.2, 0.25) is 5.02 Å². The van der Waals surface area contributed by atoms with E-state index >= 15 is 0 Å². The molecular formula is C13H15ClN2O4. The zero-order valence-corrected chi connectivity index (χ0v) is 11.8. The SMILES string of the molecule is CN(C[C@H]1CCCO1)C(=O)c1cc(Cl)ccc1[N+](=O)[O-]. The number of halogens is 1. The quantitative estimate of drug-likeness (QED) is 0.632. The molecular weight excluding hydrogens is 284 g/mol. The molecule has 1 heterocycles. The van der Waals surface area contributed by atoms with Crippen molar-refractivity contribution in [3.8, 4) is 0 Å². The summed E-state index contributed by atoms with van der Waals surface area (Å²) in [7, 11) is 1.61. The van der Waals surface area contributed by atoms with Gasteiger partial charge >= 0.3 is 0 Å². The Morgan fingerprint density at radius 2 is 2.35 bits per heavy atom. The van der Waals surface area contributed by atoms with Crippen molar-refractivity contribution >= 4 is 23.2 Å². The molecule has 0 spiro atoms. The molecule has 1 aliphatic heterocycles. The van der Waals surface area contributed by atoms with E-state index in [-0.39, 0.29) is 17.4 Å². The fourth-order valence-corrected chi connectivity index (χ4v) is 2.39. The van der Waals surface area contributed by atoms with E-state index < -0.39 is 10.8 Å². The van der Waals surface area contributed by atoms with Crippen molar-refractivity contribution < 1.29 is 14.5 Å². The molecule has 1 aliphatic rings. The monoisotopic (exact) mass is 298 g/mol. The summed E-state index contributed by atoms with van der Waals surface area (Å²) in [5.41, 5.74) is -0.235. The first-order valence-electron chi connectivity index (χ1n) is 6.30. The summed E-state index contributed by atoms with van der Waals surface area (Å²) in [5, 5.41) is 11.3. The number of ether oxygens (including phenoxy) is 1. The summed E-state index contributed by atoms with van der Waals surface area (Å²) in [5.74, 6) is -0.422. The molecule has 1 saturated heterocycles. The largest absolute Gasteiger partial charge is 0.376 e. The van der Waals surface area contributed by atoms with Gasteiger partial charge in [-0.05, 0) is 25.0 Å². The van der Waals surface area contributed by atoms with Crippen LogP contribution in [0.5, 0.6) is 0 Å². The molecule has 0 unspecified atom stereocenters. The van der Waals surface area contributed by atoms with Gasteiger partial charge in [0, 0.05) is 31.3 Å². The Morgan fingerprint density at radius 1 is 1.60 bits per heavy atom. The van der Waals surface area contributed by atoms with Gasteiger partial charge in [0.2, 0.25) is 0 Å². The van der Waals surface area contributed by atoms with E-state index in [1.54, 1.807) is 7.05 Å². The van der Waals surface area contributed by atoms with E-state index in [0.717, 1.165) is 12.8 Å². The van der Waals surface area contributed by atoms with Crippen molar-refractivity contribution in [1.82, 2.24) is 4.90 Å². The summed E-state index contributed by atoms with van der Waals surface area (Å²) in [4.78, 5) is 24.1. The highest BCUT2D eigenvalue weighted by molar-refractivity contribution is 6.31. The highest BCUT2D eigenvalue weighted by atomic mass is 35.5. The molecule has 0 saturated carbocycles. The second kappa shape index (κ2) is 6.19. The predicted octanol–water partition coefficient (Wildman–Crippen LogP) is 2.50. The third kappa shape index (κ3) is 3.26. The highest BCUT2D eigenvalue weighted by Crippen LogP contribution is 2.24. The molecule has 1 atom stereocenters. The normalized spacial score (nSPS) is 18.0. The molecule has 0 N–H and O–H groups in total. The number of rotatable bonds is 4. The molecule has 1 aromatic rings. The van der Waals surface area contributed by atoms with Crippen molar-refractivity contribution in [1.29, 1.82) is 0 Å². The van der Waals surface area contributed by atoms with Crippen molar-refractivity contribution in [3.05, 3.63) is 38.9 Å². The van der Waals surface area contributed by atoms with Crippen molar-refractivity contribution in [2.45, 2.75) is 18.9 Å². The van der Waals surface area contributed by atoms with Crippen LogP contribution in [0.15, 0.2) is 18.2 Å². The number of nitro groups is 1. The second-order valence-electron chi connectivity index (χ2n) is 4.74. The topological polar surface area (TPSA) is 72.7 Å². The number of hydrogen-bond acceptors (Lipinski definition) is 4. The van der Waals surface area contributed by atoms with Crippen LogP contribution in [0.4, 0.5) is 5.69 Å². The van der Waals surface area contributed by atoms with Crippen LogP contribution in [0.3, 0.4) is 0 Å². The summed E-state index contributed by atoms with van der Waals surface area (Å²) >= 11 is 5.82. The average Bonchev–Trinajstić information content (AvgIpc) is 2.90. The summed E-state index contributed by atoms with van der Waals surface area (Å²) in [6.07, 6.45) is 1.88. The van der Waals surface area contributed by atoms with Crippen LogP contribution in [0.1, 0.15) is 23.2 Å². The van der Waals surface area contributed by atoms with E-state index in [1.807, 2.05) is 0 Å². The number of benzene rings is 1. The maximum Gasteiger partial charge on any atom is 0.282 e. The average molecular weight is 299 g/mol. The number of nitro benzene ring substituents is 1. The molecule has 6 nitrogen and oxygen atoms in total. The number of carbonyl (C=O) groups is 1. The zero-order valence-electron chi connectivity index (χ0n) is 11.0. The van der Waals surface area contributed by atoms with Gasteiger partial charge in [0.05, 0.1) is 11.0 Å². The van der Waals surface area contributed by atoms with Gasteiger partial charge in [-0.3, -0.25) is 14.9 Å². The molecule has 1 aromatic carbocycles. The Bertz CT molecular complexity index is 529. The van der Waals surface area contributed by atoms with E-state index in [9.17, 15) is 14.9 Å². The smallest absolute Gasteiger partial charge is 0.282 e. The Kier molecular flexibility index (Phi) is 4.57. The number of carbonyl (C=O) groups excluding carboxylic acids is 1. The second-order valence-corrected chi connectivity index (χ2v) is 5.18. The van der Waals surface area contributed by atoms with Gasteiger partial charge in [-0.1, -0.05) is 11.6 Å². The lowest BCUT2D eigenvalue weighted by Gasteiger charge is -2.20. The lowest BCUT2D eigenvalue weighted by Crippen LogP contribution is -2.34. The Balaban J connectivity index is 2.18. The fourth-order valence-electron chi connectivity index (χ4n) is 2.22. The van der Waals surface area contributed by atoms with Crippen LogP contribution in [-0.4, -0.2) is 42.0 Å². The van der Waals surface area contributed by atoms with Crippen LogP contribution < -0.4 is 0 Å². The summed E-state index contributed by atoms with van der Waals surface area (Å²) in [6, 6.07) is 3.97. The third-order valence-electron chi connectivity index (χ3n) is 3.23. The van der Waals surface area contributed by atoms with Crippen molar-refractivity contribution in [2.24, 2.45) is 0 Å². The van der Waals surface area contributed by atoms with Crippen LogP contribution in [-0.2, 0) is 4.74 Å². The molecule has 0 aliphatic carbocycles. The molecule has 0 bridgehead atoms. The molecule has 2 rings (SSSR count). The molecule has 108 valence electrons. The van der Waals surface area contributed by atoms with Gasteiger partial charge in [-0.15, -0.1) is 0 Å². The standard InChI is InChI=1S/C13H15ClN2O4/c1-15(8-10-3-2-6-20-10)13(17)11-7-9(14)4-5-12(11)16(18)19/h4-5,7,10H,2-3,6,8H2,1H3/t10-/m1/s1. The van der Waals surface area contributed by atoms with Crippen LogP contribution in [0.25, 0.3) is 0 Å². The van der Waals surface area contributed by atoms with E-state index in [1.165, 1.54) is 23.1 Å². The molecule has 0 aromatic heterocycles. The van der Waals surface area contributed by atoms with Gasteiger partial charge in [0.15, 0.2) is 0 Å². The first-order valence-corrected chi connectivity index (χ1v) is 6.68. The number of amides is 1. The van der Waals surface area contributed by atoms with Gasteiger partial charge in [-0.2, -0.15) is 0 Å². The van der Waals surface area contributed by atoms with E-state index in [2.05, 4.69) is 0 Å². The molecule has 0 radical (unpaired) electrons. The fraction of sp³-hybridized carbons (Fsp3) is 0.462. The molecule has 1 fully saturated rings. The van der Waals surface area contributed by atoms with Crippen molar-refractivity contribution in [3.63, 3.8) is 0 Å². The van der Waals surface area contributed by atoms with Gasteiger partial charge in [0.25, 0.3) is 11.6 Å². The minimum absolute atomic E-state index is 0.00203. The molecule has 20 heavy (non-hydrogen) atoms. The first-order chi connectivity index (χ1) is 9.49. The van der Waals surface area contributed by atoms with Crippen LogP contribution >= 0.6 is 11.6 Å². The first kappa shape index (κ1) is 14.7. The minimum atomic E-state index is -0.580. The molecule has 7 heteroatoms. The van der Waals surface area contributed by atoms with E-state index in [4.69, 9.17) is 16.3 Å². The number of hydrogen-bond donors (Lipinski definition) is 0. The van der Waals surface area contributed by atoms with Crippen molar-refractivity contribution in [2.75, 3.05) is 20.2 Å².